The van der Waals surface area contributed by atoms with Crippen LogP contribution in [0.1, 0.15) is 48.5 Å². The first kappa shape index (κ1) is 4.93. The van der Waals surface area contributed by atoms with Crippen LogP contribution in [-0.2, 0) is 6.37 Å². The molecule has 1 saturated heterocycles. The number of hydrogen-bond acceptors (Lipinski definition) is 3. The molecule has 0 aromatic carbocycles. The van der Waals surface area contributed by atoms with E-state index in [1.165, 1.54) is 0 Å². The minimum atomic E-state index is -3.08. The number of hydrogen-bond donors (Lipinski definition) is 1. The van der Waals surface area contributed by atoms with E-state index in [-0.39, 0.29) is 24.9 Å². The van der Waals surface area contributed by atoms with Crippen molar-refractivity contribution >= 4 is 5.65 Å². The lowest BCUT2D eigenvalue weighted by Gasteiger charge is -2.22. The van der Waals surface area contributed by atoms with E-state index in [0.717, 1.165) is 4.40 Å². The SMILES string of the molecule is [2H]c1nc(C)c(C)c2nc(C([2H])([2H])[C@@]3([2H])N([2H])CCC([2H])([2H])C3([2H])[2H])c([2H])n12. The van der Waals surface area contributed by atoms with E-state index in [0.29, 0.717) is 16.6 Å². The minimum absolute atomic E-state index is 0.0842. The number of aromatic nitrogens is 3. The number of imidazole rings is 1. The van der Waals surface area contributed by atoms with Crippen LogP contribution in [0, 0.1) is 13.8 Å². The first-order chi connectivity index (χ1) is 12.6. The monoisotopic (exact) mass is 254 g/mol. The van der Waals surface area contributed by atoms with Crippen LogP contribution in [0.25, 0.3) is 5.65 Å². The summed E-state index contributed by atoms with van der Waals surface area (Å²) < 4.78 is 83.3. The third-order valence-electron chi connectivity index (χ3n) is 2.79. The zero-order valence-electron chi connectivity index (χ0n) is 20.2. The van der Waals surface area contributed by atoms with Gasteiger partial charge in [-0.15, -0.1) is 0 Å². The minimum Gasteiger partial charge on any atom is -0.314 e. The zero-order chi connectivity index (χ0) is 21.4. The van der Waals surface area contributed by atoms with E-state index in [9.17, 15) is 0 Å². The molecule has 1 N–H and O–H groups in total. The summed E-state index contributed by atoms with van der Waals surface area (Å²) in [5, 5.41) is 0.385. The maximum absolute atomic E-state index is 8.60. The van der Waals surface area contributed by atoms with E-state index >= 15 is 0 Å². The van der Waals surface area contributed by atoms with Crippen LogP contribution in [0.2, 0.25) is 1.41 Å². The Labute approximate surface area is 122 Å². The zero-order valence-corrected chi connectivity index (χ0v) is 10.2. The van der Waals surface area contributed by atoms with Gasteiger partial charge in [0, 0.05) is 39.4 Å². The molecule has 1 atom stereocenters. The van der Waals surface area contributed by atoms with Gasteiger partial charge in [0.1, 0.15) is 14.7 Å². The van der Waals surface area contributed by atoms with Gasteiger partial charge >= 0.3 is 0 Å². The van der Waals surface area contributed by atoms with Crippen LogP contribution in [-0.4, -0.2) is 26.9 Å². The normalized spacial score (nSPS) is 40.1. The number of rotatable bonds is 2. The van der Waals surface area contributed by atoms with Gasteiger partial charge in [0.25, 0.3) is 0 Å². The molecule has 0 aliphatic carbocycles. The van der Waals surface area contributed by atoms with Crippen LogP contribution >= 0.6 is 0 Å². The maximum atomic E-state index is 8.60. The molecule has 0 amide bonds. The van der Waals surface area contributed by atoms with Crippen LogP contribution in [0.4, 0.5) is 0 Å². The molecule has 1 fully saturated rings. The summed E-state index contributed by atoms with van der Waals surface area (Å²) in [7, 11) is 0. The lowest BCUT2D eigenvalue weighted by Crippen LogP contribution is -2.35. The molecule has 0 unspecified atom stereocenters. The van der Waals surface area contributed by atoms with Crippen molar-refractivity contribution in [1.29, 1.82) is 0 Å². The smallest absolute Gasteiger partial charge is 0.142 e. The Morgan fingerprint density at radius 1 is 1.78 bits per heavy atom. The summed E-state index contributed by atoms with van der Waals surface area (Å²) >= 11 is 0. The molecule has 1 aliphatic heterocycles. The molecule has 0 bridgehead atoms. The molecule has 1 aliphatic rings. The molecular weight excluding hydrogens is 224 g/mol. The number of nitrogens with zero attached hydrogens (tertiary/aromatic N) is 3. The van der Waals surface area contributed by atoms with Gasteiger partial charge in [-0.05, 0) is 33.2 Å². The van der Waals surface area contributed by atoms with Crippen molar-refractivity contribution in [3.63, 3.8) is 0 Å². The molecule has 4 heteroatoms. The van der Waals surface area contributed by atoms with Crippen molar-refractivity contribution in [3.8, 4) is 0 Å². The van der Waals surface area contributed by atoms with Gasteiger partial charge in [-0.2, -0.15) is 0 Å². The Balaban J connectivity index is 2.32. The second kappa shape index (κ2) is 4.69. The van der Waals surface area contributed by atoms with E-state index in [1.807, 2.05) is 0 Å². The van der Waals surface area contributed by atoms with Gasteiger partial charge in [0.2, 0.25) is 0 Å². The van der Waals surface area contributed by atoms with Gasteiger partial charge in [-0.3, -0.25) is 4.40 Å². The van der Waals surface area contributed by atoms with Gasteiger partial charge in [-0.25, -0.2) is 9.97 Å². The van der Waals surface area contributed by atoms with Gasteiger partial charge in [0.15, 0.2) is 0 Å². The molecule has 3 heterocycles. The third kappa shape index (κ3) is 2.12. The summed E-state index contributed by atoms with van der Waals surface area (Å²) in [4.78, 5) is 8.07. The molecule has 18 heavy (non-hydrogen) atoms. The summed E-state index contributed by atoms with van der Waals surface area (Å²) in [6, 6.07) is -3.02. The summed E-state index contributed by atoms with van der Waals surface area (Å²) in [6.07, 6.45) is -10.0. The molecule has 2 aromatic heterocycles. The highest BCUT2D eigenvalue weighted by molar-refractivity contribution is 5.49. The molecule has 0 saturated carbocycles. The van der Waals surface area contributed by atoms with Crippen molar-refractivity contribution in [3.05, 3.63) is 29.4 Å². The number of fused-ring (bicyclic) bond motifs is 1. The molecular formula is C14H20N4. The van der Waals surface area contributed by atoms with Gasteiger partial charge < -0.3 is 5.31 Å². The molecule has 96 valence electrons. The number of aryl methyl sites for hydroxylation is 2. The topological polar surface area (TPSA) is 42.2 Å². The van der Waals surface area contributed by atoms with Crippen molar-refractivity contribution in [1.82, 2.24) is 19.7 Å². The largest absolute Gasteiger partial charge is 0.314 e. The quantitative estimate of drug-likeness (QED) is 0.891. The first-order valence-corrected chi connectivity index (χ1v) is 5.71. The summed E-state index contributed by atoms with van der Waals surface area (Å²) in [6.45, 7) is 2.90. The fourth-order valence-electron chi connectivity index (χ4n) is 1.68. The second-order valence-electron chi connectivity index (χ2n) is 4.06. The lowest BCUT2D eigenvalue weighted by molar-refractivity contribution is 0.397. The van der Waals surface area contributed by atoms with E-state index in [2.05, 4.69) is 9.97 Å². The van der Waals surface area contributed by atoms with E-state index in [1.54, 1.807) is 13.8 Å². The van der Waals surface area contributed by atoms with Crippen molar-refractivity contribution < 1.29 is 13.7 Å². The highest BCUT2D eigenvalue weighted by Gasteiger charge is 2.15. The van der Waals surface area contributed by atoms with Crippen molar-refractivity contribution in [2.75, 3.05) is 6.54 Å². The fourth-order valence-corrected chi connectivity index (χ4v) is 1.68. The molecule has 3 rings (SSSR count). The summed E-state index contributed by atoms with van der Waals surface area (Å²) in [5.74, 6) is 0. The predicted octanol–water partition coefficient (Wildman–Crippen LogP) is 2.03. The fraction of sp³-hybridized carbons (Fsp3) is 0.571. The van der Waals surface area contributed by atoms with Crippen molar-refractivity contribution in [2.45, 2.75) is 45.4 Å². The Morgan fingerprint density at radius 2 is 2.67 bits per heavy atom. The van der Waals surface area contributed by atoms with E-state index < -0.39 is 37.0 Å². The summed E-state index contributed by atoms with van der Waals surface area (Å²) in [5.41, 5.74) is 0.406. The maximum Gasteiger partial charge on any atom is 0.142 e. The molecule has 4 nitrogen and oxygen atoms in total. The predicted molar refractivity (Wildman–Crippen MR) is 71.8 cm³/mol. The van der Waals surface area contributed by atoms with Crippen molar-refractivity contribution in [2.24, 2.45) is 0 Å². The van der Waals surface area contributed by atoms with Crippen LogP contribution < -0.4 is 5.31 Å². The Hall–Kier alpha value is -1.42. The average Bonchev–Trinajstić information content (AvgIpc) is 2.94. The van der Waals surface area contributed by atoms with Gasteiger partial charge in [0.05, 0.1) is 7.06 Å². The van der Waals surface area contributed by atoms with E-state index in [4.69, 9.17) is 13.7 Å². The third-order valence-corrected chi connectivity index (χ3v) is 2.79. The van der Waals surface area contributed by atoms with Gasteiger partial charge in [-0.1, -0.05) is 6.37 Å². The lowest BCUT2D eigenvalue weighted by atomic mass is 10.0. The Bertz CT molecular complexity index is 955. The number of piperidine rings is 1. The number of nitrogens with one attached hydrogen (secondary N) is 1. The molecule has 0 spiro atoms. The highest BCUT2D eigenvalue weighted by Crippen LogP contribution is 2.16. The molecule has 2 aromatic rings. The first-order valence-electron chi connectivity index (χ1n) is 10.7. The molecule has 0 radical (unpaired) electrons. The Morgan fingerprint density at radius 3 is 3.56 bits per heavy atom. The van der Waals surface area contributed by atoms with Crippen LogP contribution in [0.15, 0.2) is 12.5 Å². The Kier molecular flexibility index (Phi) is 1.28. The standard InChI is InChI=1S/C14H20N4/c1-10-11(2)16-9-18-8-13(17-14(10)18)7-12-5-3-4-6-15-12/h8-9,12,15H,3-7H2,1-2H3/t12-/m0/s1/i3D2,5D2,7D2,8D,9D,12D/hD. The second-order valence-corrected chi connectivity index (χ2v) is 4.06. The van der Waals surface area contributed by atoms with Crippen LogP contribution in [0.3, 0.4) is 0 Å². The average molecular weight is 254 g/mol. The highest BCUT2D eigenvalue weighted by atomic mass is 15.0. The van der Waals surface area contributed by atoms with Crippen LogP contribution in [0.5, 0.6) is 0 Å².